The van der Waals surface area contributed by atoms with E-state index in [1.54, 1.807) is 6.07 Å². The van der Waals surface area contributed by atoms with Crippen molar-refractivity contribution in [3.8, 4) is 0 Å². The molecule has 38 heavy (non-hydrogen) atoms. The van der Waals surface area contributed by atoms with E-state index < -0.39 is 16.0 Å². The number of hydrogen-bond donors (Lipinski definition) is 2. The molecule has 0 bridgehead atoms. The Kier molecular flexibility index (Phi) is 7.86. The minimum Gasteiger partial charge on any atom is -0.478 e. The van der Waals surface area contributed by atoms with Gasteiger partial charge in [-0.25, -0.2) is 13.2 Å². The largest absolute Gasteiger partial charge is 0.478 e. The van der Waals surface area contributed by atoms with E-state index >= 15 is 0 Å². The molecule has 5 rings (SSSR count). The van der Waals surface area contributed by atoms with Gasteiger partial charge >= 0.3 is 5.97 Å². The summed E-state index contributed by atoms with van der Waals surface area (Å²) in [6.45, 7) is 3.24. The molecule has 9 heteroatoms. The molecule has 2 heterocycles. The highest BCUT2D eigenvalue weighted by Gasteiger charge is 2.33. The first kappa shape index (κ1) is 26.8. The number of allylic oxidation sites excluding steroid dienone is 1. The van der Waals surface area contributed by atoms with Crippen LogP contribution in [-0.4, -0.2) is 54.3 Å². The van der Waals surface area contributed by atoms with E-state index in [0.717, 1.165) is 43.4 Å². The Labute approximate surface area is 224 Å². The van der Waals surface area contributed by atoms with Gasteiger partial charge in [-0.3, -0.25) is 9.78 Å². The predicted octanol–water partition coefficient (Wildman–Crippen LogP) is 4.47. The van der Waals surface area contributed by atoms with Crippen molar-refractivity contribution in [1.82, 2.24) is 14.6 Å². The first-order valence-electron chi connectivity index (χ1n) is 13.9. The normalized spacial score (nSPS) is 21.1. The van der Waals surface area contributed by atoms with Gasteiger partial charge in [0.05, 0.1) is 16.0 Å². The quantitative estimate of drug-likeness (QED) is 0.502. The molecule has 2 aliphatic carbocycles. The summed E-state index contributed by atoms with van der Waals surface area (Å²) in [5, 5.41) is 13.5. The van der Waals surface area contributed by atoms with Gasteiger partial charge in [0.2, 0.25) is 15.9 Å². The molecule has 1 fully saturated rings. The van der Waals surface area contributed by atoms with Crippen LogP contribution in [0.3, 0.4) is 0 Å². The van der Waals surface area contributed by atoms with Gasteiger partial charge in [-0.15, -0.1) is 0 Å². The van der Waals surface area contributed by atoms with Crippen LogP contribution in [0.1, 0.15) is 79.9 Å². The second-order valence-electron chi connectivity index (χ2n) is 11.1. The highest BCUT2D eigenvalue weighted by molar-refractivity contribution is 7.89. The molecule has 1 aromatic heterocycles. The third-order valence-electron chi connectivity index (χ3n) is 8.38. The fourth-order valence-corrected chi connectivity index (χ4v) is 7.62. The number of aromatic nitrogens is 1. The standard InChI is InChI=1S/C29H37N3O5S/c1-19-7-9-25-23(17-19)27(29(34)35)24-18-22(8-10-26(24)31-25)38(36,37)32-15-12-21(13-16-32)28(33)30-14-11-20-5-3-2-4-6-20/h5,8,10,18-19,21H,2-4,6-7,9,11-17H2,1H3,(H,30,33)(H,34,35). The summed E-state index contributed by atoms with van der Waals surface area (Å²) in [6.07, 6.45) is 11.1. The summed E-state index contributed by atoms with van der Waals surface area (Å²) in [7, 11) is -3.84. The van der Waals surface area contributed by atoms with Crippen molar-refractivity contribution in [3.05, 3.63) is 46.7 Å². The maximum Gasteiger partial charge on any atom is 0.336 e. The Bertz CT molecular complexity index is 1380. The number of amides is 1. The van der Waals surface area contributed by atoms with Gasteiger partial charge in [-0.1, -0.05) is 18.6 Å². The van der Waals surface area contributed by atoms with E-state index in [0.29, 0.717) is 42.6 Å². The van der Waals surface area contributed by atoms with Crippen LogP contribution >= 0.6 is 0 Å². The van der Waals surface area contributed by atoms with E-state index in [1.165, 1.54) is 34.9 Å². The number of rotatable bonds is 7. The third kappa shape index (κ3) is 5.50. The number of aromatic carboxylic acids is 1. The van der Waals surface area contributed by atoms with Crippen LogP contribution in [0.15, 0.2) is 34.7 Å². The number of carboxylic acid groups (broad SMARTS) is 1. The van der Waals surface area contributed by atoms with Crippen molar-refractivity contribution in [2.45, 2.75) is 76.0 Å². The monoisotopic (exact) mass is 539 g/mol. The Morgan fingerprint density at radius 2 is 1.92 bits per heavy atom. The molecule has 1 aliphatic heterocycles. The van der Waals surface area contributed by atoms with Crippen LogP contribution in [0.25, 0.3) is 10.9 Å². The Balaban J connectivity index is 1.28. The van der Waals surface area contributed by atoms with Gasteiger partial charge in [0.1, 0.15) is 0 Å². The fraction of sp³-hybridized carbons (Fsp3) is 0.552. The molecular weight excluding hydrogens is 502 g/mol. The lowest BCUT2D eigenvalue weighted by atomic mass is 9.84. The highest BCUT2D eigenvalue weighted by atomic mass is 32.2. The molecule has 0 radical (unpaired) electrons. The van der Waals surface area contributed by atoms with E-state index in [9.17, 15) is 23.1 Å². The first-order valence-corrected chi connectivity index (χ1v) is 15.3. The van der Waals surface area contributed by atoms with E-state index in [4.69, 9.17) is 4.98 Å². The second kappa shape index (κ2) is 11.1. The molecular formula is C29H37N3O5S. The number of sulfonamides is 1. The van der Waals surface area contributed by atoms with Crippen LogP contribution in [0.5, 0.6) is 0 Å². The van der Waals surface area contributed by atoms with Gasteiger partial charge in [0, 0.05) is 36.6 Å². The first-order chi connectivity index (χ1) is 18.2. The zero-order chi connectivity index (χ0) is 26.9. The van der Waals surface area contributed by atoms with Crippen molar-refractivity contribution in [1.29, 1.82) is 0 Å². The van der Waals surface area contributed by atoms with E-state index in [-0.39, 0.29) is 35.4 Å². The summed E-state index contributed by atoms with van der Waals surface area (Å²) in [4.78, 5) is 29.7. The number of carboxylic acids is 1. The van der Waals surface area contributed by atoms with E-state index in [2.05, 4.69) is 18.3 Å². The zero-order valence-electron chi connectivity index (χ0n) is 22.0. The molecule has 2 aromatic rings. The maximum absolute atomic E-state index is 13.5. The number of hydrogen-bond acceptors (Lipinski definition) is 5. The minimum absolute atomic E-state index is 0.000314. The number of pyridine rings is 1. The number of aryl methyl sites for hydroxylation is 1. The molecule has 1 saturated heterocycles. The SMILES string of the molecule is CC1CCc2nc3ccc(S(=O)(=O)N4CCC(C(=O)NCCC5=CCCCC5)CC4)cc3c(C(=O)O)c2C1. The fourth-order valence-electron chi connectivity index (χ4n) is 6.13. The summed E-state index contributed by atoms with van der Waals surface area (Å²) in [6, 6.07) is 4.61. The molecule has 1 amide bonds. The number of nitrogens with zero attached hydrogens (tertiary/aromatic N) is 2. The molecule has 1 unspecified atom stereocenters. The average Bonchev–Trinajstić information content (AvgIpc) is 2.92. The smallest absolute Gasteiger partial charge is 0.336 e. The lowest BCUT2D eigenvalue weighted by Gasteiger charge is -2.30. The van der Waals surface area contributed by atoms with Crippen molar-refractivity contribution in [3.63, 3.8) is 0 Å². The molecule has 8 nitrogen and oxygen atoms in total. The van der Waals surface area contributed by atoms with Crippen molar-refractivity contribution < 1.29 is 23.1 Å². The van der Waals surface area contributed by atoms with Crippen LogP contribution in [0, 0.1) is 11.8 Å². The van der Waals surface area contributed by atoms with Gasteiger partial charge in [0.25, 0.3) is 0 Å². The topological polar surface area (TPSA) is 117 Å². The summed E-state index contributed by atoms with van der Waals surface area (Å²) in [5.74, 6) is -0.895. The molecule has 204 valence electrons. The van der Waals surface area contributed by atoms with Crippen LogP contribution < -0.4 is 5.32 Å². The number of nitrogens with one attached hydrogen (secondary N) is 1. The number of carbonyl (C=O) groups excluding carboxylic acids is 1. The summed E-state index contributed by atoms with van der Waals surface area (Å²) in [5.41, 5.74) is 3.63. The Morgan fingerprint density at radius 3 is 2.63 bits per heavy atom. The molecule has 1 aromatic carbocycles. The highest BCUT2D eigenvalue weighted by Crippen LogP contribution is 2.33. The second-order valence-corrected chi connectivity index (χ2v) is 13.0. The molecule has 2 N–H and O–H groups in total. The molecule has 0 spiro atoms. The maximum atomic E-state index is 13.5. The lowest BCUT2D eigenvalue weighted by Crippen LogP contribution is -2.43. The number of carbonyl (C=O) groups is 2. The molecule has 1 atom stereocenters. The van der Waals surface area contributed by atoms with Crippen LogP contribution in [0.2, 0.25) is 0 Å². The van der Waals surface area contributed by atoms with Crippen molar-refractivity contribution in [2.24, 2.45) is 11.8 Å². The number of fused-ring (bicyclic) bond motifs is 2. The van der Waals surface area contributed by atoms with Crippen LogP contribution in [0.4, 0.5) is 0 Å². The summed E-state index contributed by atoms with van der Waals surface area (Å²) < 4.78 is 28.5. The van der Waals surface area contributed by atoms with Gasteiger partial charge in [-0.2, -0.15) is 4.31 Å². The lowest BCUT2D eigenvalue weighted by molar-refractivity contribution is -0.126. The minimum atomic E-state index is -3.84. The molecule has 0 saturated carbocycles. The van der Waals surface area contributed by atoms with Gasteiger partial charge in [-0.05, 0) is 93.9 Å². The van der Waals surface area contributed by atoms with Gasteiger partial charge in [0.15, 0.2) is 0 Å². The average molecular weight is 540 g/mol. The third-order valence-corrected chi connectivity index (χ3v) is 10.3. The predicted molar refractivity (Wildman–Crippen MR) is 146 cm³/mol. The number of piperidine rings is 1. The summed E-state index contributed by atoms with van der Waals surface area (Å²) >= 11 is 0. The zero-order valence-corrected chi connectivity index (χ0v) is 22.9. The van der Waals surface area contributed by atoms with Crippen molar-refractivity contribution in [2.75, 3.05) is 19.6 Å². The van der Waals surface area contributed by atoms with Crippen LogP contribution in [-0.2, 0) is 27.7 Å². The Hall–Kier alpha value is -2.78. The molecule has 3 aliphatic rings. The van der Waals surface area contributed by atoms with E-state index in [1.807, 2.05) is 0 Å². The van der Waals surface area contributed by atoms with Gasteiger partial charge < -0.3 is 10.4 Å². The van der Waals surface area contributed by atoms with Crippen molar-refractivity contribution >= 4 is 32.8 Å². The Morgan fingerprint density at radius 1 is 1.13 bits per heavy atom. The number of benzene rings is 1.